The van der Waals surface area contributed by atoms with Gasteiger partial charge in [-0.3, -0.25) is 9.36 Å². The van der Waals surface area contributed by atoms with E-state index in [2.05, 4.69) is 48.8 Å². The number of thiocarbonyl (C=S) groups is 1. The Hall–Kier alpha value is -1.82. The largest absolute Gasteiger partial charge is 0.460 e. The Morgan fingerprint density at radius 1 is 1.41 bits per heavy atom. The van der Waals surface area contributed by atoms with E-state index in [4.69, 9.17) is 30.9 Å². The summed E-state index contributed by atoms with van der Waals surface area (Å²) in [4.78, 5) is 22.9. The highest BCUT2D eigenvalue weighted by Crippen LogP contribution is 2.38. The van der Waals surface area contributed by atoms with Crippen molar-refractivity contribution >= 4 is 36.9 Å². The lowest BCUT2D eigenvalue weighted by molar-refractivity contribution is -0.0411. The van der Waals surface area contributed by atoms with Crippen molar-refractivity contribution in [2.24, 2.45) is 0 Å². The summed E-state index contributed by atoms with van der Waals surface area (Å²) in [6.07, 6.45) is 2.30. The number of ether oxygens (including phenoxy) is 3. The molecule has 2 aromatic heterocycles. The predicted molar refractivity (Wildman–Crippen MR) is 114 cm³/mol. The van der Waals surface area contributed by atoms with E-state index in [1.54, 1.807) is 10.9 Å². The Labute approximate surface area is 175 Å². The molecule has 0 bridgehead atoms. The van der Waals surface area contributed by atoms with E-state index in [1.165, 1.54) is 13.4 Å². The van der Waals surface area contributed by atoms with Gasteiger partial charge in [0.2, 0.25) is 0 Å². The molecule has 3 unspecified atom stereocenters. The third kappa shape index (κ3) is 4.52. The van der Waals surface area contributed by atoms with Crippen LogP contribution in [0.25, 0.3) is 11.2 Å². The van der Waals surface area contributed by atoms with Crippen molar-refractivity contribution in [3.63, 3.8) is 0 Å². The fourth-order valence-corrected chi connectivity index (χ4v) is 4.04. The number of rotatable bonds is 5. The first-order valence-corrected chi connectivity index (χ1v) is 12.8. The fourth-order valence-electron chi connectivity index (χ4n) is 2.90. The van der Waals surface area contributed by atoms with Crippen molar-refractivity contribution in [3.8, 4) is 0 Å². The molecule has 1 aliphatic rings. The molecular formula is C18H28N4O5SSi. The van der Waals surface area contributed by atoms with Crippen LogP contribution in [0.15, 0.2) is 17.4 Å². The third-order valence-corrected chi connectivity index (χ3v) is 10.4. The number of methoxy groups -OCH3 is 1. The van der Waals surface area contributed by atoms with Crippen LogP contribution in [-0.2, 0) is 18.6 Å². The van der Waals surface area contributed by atoms with Crippen molar-refractivity contribution in [2.45, 2.75) is 63.8 Å². The molecule has 2 aromatic rings. The summed E-state index contributed by atoms with van der Waals surface area (Å²) in [6, 6.07) is 0. The number of nitrogens with one attached hydrogen (secondary N) is 1. The molecule has 0 amide bonds. The maximum atomic E-state index is 11.9. The molecule has 1 fully saturated rings. The van der Waals surface area contributed by atoms with E-state index in [0.29, 0.717) is 18.7 Å². The number of hydrogen-bond donors (Lipinski definition) is 1. The molecule has 9 nitrogen and oxygen atoms in total. The molecule has 0 aliphatic carbocycles. The van der Waals surface area contributed by atoms with Gasteiger partial charge in [0.1, 0.15) is 18.4 Å². The van der Waals surface area contributed by atoms with Crippen LogP contribution in [0.4, 0.5) is 0 Å². The van der Waals surface area contributed by atoms with Gasteiger partial charge in [-0.05, 0) is 18.1 Å². The van der Waals surface area contributed by atoms with Crippen LogP contribution in [0.3, 0.4) is 0 Å². The lowest BCUT2D eigenvalue weighted by Crippen LogP contribution is -2.44. The number of nitrogens with zero attached hydrogens (tertiary/aromatic N) is 3. The highest BCUT2D eigenvalue weighted by atomic mass is 32.1. The van der Waals surface area contributed by atoms with Gasteiger partial charge in [-0.1, -0.05) is 20.8 Å². The molecule has 0 aromatic carbocycles. The Balaban J connectivity index is 1.82. The minimum atomic E-state index is -1.97. The average Bonchev–Trinajstić information content (AvgIpc) is 3.23. The predicted octanol–water partition coefficient (Wildman–Crippen LogP) is 2.75. The minimum absolute atomic E-state index is 0.0571. The summed E-state index contributed by atoms with van der Waals surface area (Å²) in [5.41, 5.74) is 0.428. The highest BCUT2D eigenvalue weighted by molar-refractivity contribution is 7.79. The number of hydrogen-bond acceptors (Lipinski definition) is 8. The minimum Gasteiger partial charge on any atom is -0.460 e. The highest BCUT2D eigenvalue weighted by Gasteiger charge is 2.43. The number of H-pyrrole nitrogens is 1. The zero-order valence-electron chi connectivity index (χ0n) is 17.6. The van der Waals surface area contributed by atoms with Gasteiger partial charge in [0.05, 0.1) is 26.4 Å². The molecule has 1 aliphatic heterocycles. The molecule has 3 atom stereocenters. The quantitative estimate of drug-likeness (QED) is 0.559. The molecule has 1 N–H and O–H groups in total. The molecule has 29 heavy (non-hydrogen) atoms. The van der Waals surface area contributed by atoms with E-state index in [9.17, 15) is 4.79 Å². The van der Waals surface area contributed by atoms with Crippen LogP contribution in [0.5, 0.6) is 0 Å². The molecule has 0 saturated carbocycles. The third-order valence-electron chi connectivity index (χ3n) is 5.68. The summed E-state index contributed by atoms with van der Waals surface area (Å²) >= 11 is 5.09. The van der Waals surface area contributed by atoms with Gasteiger partial charge in [0.15, 0.2) is 19.5 Å². The van der Waals surface area contributed by atoms with Crippen molar-refractivity contribution in [3.05, 3.63) is 23.0 Å². The van der Waals surface area contributed by atoms with E-state index in [1.807, 2.05) is 0 Å². The van der Waals surface area contributed by atoms with Crippen LogP contribution in [-0.4, -0.2) is 59.0 Å². The summed E-state index contributed by atoms with van der Waals surface area (Å²) < 4.78 is 25.1. The first-order chi connectivity index (χ1) is 13.5. The first-order valence-electron chi connectivity index (χ1n) is 9.48. The van der Waals surface area contributed by atoms with Crippen LogP contribution in [0.1, 0.15) is 33.4 Å². The van der Waals surface area contributed by atoms with Gasteiger partial charge >= 0.3 is 5.24 Å². The van der Waals surface area contributed by atoms with Crippen LogP contribution >= 0.6 is 12.2 Å². The average molecular weight is 441 g/mol. The van der Waals surface area contributed by atoms with E-state index in [0.717, 1.165) is 0 Å². The second-order valence-corrected chi connectivity index (χ2v) is 13.7. The molecular weight excluding hydrogens is 412 g/mol. The van der Waals surface area contributed by atoms with Gasteiger partial charge < -0.3 is 23.6 Å². The zero-order valence-corrected chi connectivity index (χ0v) is 19.4. The maximum absolute atomic E-state index is 11.9. The van der Waals surface area contributed by atoms with Crippen LogP contribution < -0.4 is 5.56 Å². The van der Waals surface area contributed by atoms with E-state index in [-0.39, 0.29) is 33.6 Å². The van der Waals surface area contributed by atoms with Crippen molar-refractivity contribution in [1.29, 1.82) is 0 Å². The molecule has 11 heteroatoms. The van der Waals surface area contributed by atoms with Crippen molar-refractivity contribution < 1.29 is 18.6 Å². The van der Waals surface area contributed by atoms with Crippen molar-refractivity contribution in [2.75, 3.05) is 13.7 Å². The lowest BCUT2D eigenvalue weighted by Gasteiger charge is -2.37. The smallest absolute Gasteiger partial charge is 0.352 e. The summed E-state index contributed by atoms with van der Waals surface area (Å²) in [7, 11) is -0.498. The SMILES string of the molecule is COC(=S)OC1CC(n2cnc3c(=O)[nH]cnc32)OC1CO[Si](C)(C)C(C)(C)C. The summed E-state index contributed by atoms with van der Waals surface area (Å²) in [5.74, 6) is 0. The first kappa shape index (κ1) is 21.9. The molecule has 160 valence electrons. The monoisotopic (exact) mass is 440 g/mol. The van der Waals surface area contributed by atoms with Gasteiger partial charge in [0, 0.05) is 18.6 Å². The lowest BCUT2D eigenvalue weighted by atomic mass is 10.2. The molecule has 3 rings (SSSR count). The normalized spacial score (nSPS) is 22.8. The van der Waals surface area contributed by atoms with Gasteiger partial charge in [-0.2, -0.15) is 0 Å². The standard InChI is InChI=1S/C18H28N4O5SSi/c1-18(2,3)29(5,6)25-8-12-11(27-17(28)24-4)7-13(26-12)22-10-21-14-15(22)19-9-20-16(14)23/h9-13H,7-8H2,1-6H3,(H,19,20,23). The molecule has 0 radical (unpaired) electrons. The molecule has 0 spiro atoms. The second-order valence-electron chi connectivity index (χ2n) is 8.60. The molecule has 3 heterocycles. The van der Waals surface area contributed by atoms with Gasteiger partial charge in [-0.25, -0.2) is 9.97 Å². The van der Waals surface area contributed by atoms with Gasteiger partial charge in [0.25, 0.3) is 5.56 Å². The van der Waals surface area contributed by atoms with E-state index < -0.39 is 14.5 Å². The number of fused-ring (bicyclic) bond motifs is 1. The number of aromatic amines is 1. The fraction of sp³-hybridized carbons (Fsp3) is 0.667. The summed E-state index contributed by atoms with van der Waals surface area (Å²) in [5, 5.41) is 0.135. The van der Waals surface area contributed by atoms with Crippen LogP contribution in [0.2, 0.25) is 18.1 Å². The zero-order chi connectivity index (χ0) is 21.4. The summed E-state index contributed by atoms with van der Waals surface area (Å²) in [6.45, 7) is 11.3. The van der Waals surface area contributed by atoms with Crippen LogP contribution in [0, 0.1) is 0 Å². The Morgan fingerprint density at radius 2 is 2.14 bits per heavy atom. The molecule has 1 saturated heterocycles. The Kier molecular flexibility index (Phi) is 6.13. The van der Waals surface area contributed by atoms with E-state index >= 15 is 0 Å². The number of aromatic nitrogens is 4. The number of imidazole rings is 1. The Morgan fingerprint density at radius 3 is 2.79 bits per heavy atom. The maximum Gasteiger partial charge on any atom is 0.352 e. The topological polar surface area (TPSA) is 100 Å². The van der Waals surface area contributed by atoms with Crippen molar-refractivity contribution in [1.82, 2.24) is 19.5 Å². The Bertz CT molecular complexity index is 938. The second kappa shape index (κ2) is 8.13. The van der Waals surface area contributed by atoms with Gasteiger partial charge in [-0.15, -0.1) is 0 Å².